The number of hydrogen-bond acceptors (Lipinski definition) is 3. The smallest absolute Gasteiger partial charge is 0.354 e. The molecule has 1 aromatic heterocycles. The fourth-order valence-corrected chi connectivity index (χ4v) is 1.62. The summed E-state index contributed by atoms with van der Waals surface area (Å²) in [5.41, 5.74) is 0.269. The lowest BCUT2D eigenvalue weighted by Gasteiger charge is -2.06. The van der Waals surface area contributed by atoms with E-state index in [0.717, 1.165) is 0 Å². The number of carbonyl (C=O) groups is 2. The second-order valence-electron chi connectivity index (χ2n) is 3.07. The number of halogens is 1. The molecule has 1 heterocycles. The molecule has 0 amide bonds. The highest BCUT2D eigenvalue weighted by Gasteiger charge is 2.15. The summed E-state index contributed by atoms with van der Waals surface area (Å²) in [5, 5.41) is 8.70. The maximum Gasteiger partial charge on any atom is 0.354 e. The zero-order chi connectivity index (χ0) is 12.3. The third kappa shape index (κ3) is 2.73. The van der Waals surface area contributed by atoms with Gasteiger partial charge in [-0.1, -0.05) is 6.58 Å². The van der Waals surface area contributed by atoms with Crippen LogP contribution < -0.4 is 0 Å². The molecule has 0 aliphatic rings. The number of nitrogens with zero attached hydrogens (tertiary/aromatic N) is 1. The highest BCUT2D eigenvalue weighted by Crippen LogP contribution is 2.17. The molecule has 0 radical (unpaired) electrons. The maximum atomic E-state index is 11.4. The molecule has 86 valence electrons. The molecule has 16 heavy (non-hydrogen) atoms. The van der Waals surface area contributed by atoms with Crippen molar-refractivity contribution in [3.05, 3.63) is 34.6 Å². The molecule has 0 atom stereocenters. The predicted molar refractivity (Wildman–Crippen MR) is 60.2 cm³/mol. The number of carboxylic acids is 1. The molecule has 0 saturated heterocycles. The second-order valence-corrected chi connectivity index (χ2v) is 3.99. The van der Waals surface area contributed by atoms with Crippen molar-refractivity contribution in [1.29, 1.82) is 0 Å². The summed E-state index contributed by atoms with van der Waals surface area (Å²) in [6.07, 6.45) is 1.60. The van der Waals surface area contributed by atoms with Crippen LogP contribution in [-0.2, 0) is 16.1 Å². The Morgan fingerprint density at radius 1 is 1.62 bits per heavy atom. The zero-order valence-electron chi connectivity index (χ0n) is 8.57. The molecule has 0 spiro atoms. The first kappa shape index (κ1) is 12.5. The van der Waals surface area contributed by atoms with Crippen molar-refractivity contribution in [2.45, 2.75) is 6.54 Å². The molecule has 0 aromatic carbocycles. The van der Waals surface area contributed by atoms with Gasteiger partial charge in [0.1, 0.15) is 5.69 Å². The van der Waals surface area contributed by atoms with E-state index < -0.39 is 11.9 Å². The van der Waals surface area contributed by atoms with Crippen LogP contribution in [0.3, 0.4) is 0 Å². The minimum Gasteiger partial charge on any atom is -0.478 e. The molecule has 0 saturated carbocycles. The van der Waals surface area contributed by atoms with Crippen LogP contribution in [0.25, 0.3) is 0 Å². The van der Waals surface area contributed by atoms with Gasteiger partial charge in [-0.3, -0.25) is 0 Å². The predicted octanol–water partition coefficient (Wildman–Crippen LogP) is 1.68. The molecular weight excluding hydrogens is 278 g/mol. The molecule has 1 rings (SSSR count). The minimum atomic E-state index is -1.10. The van der Waals surface area contributed by atoms with Gasteiger partial charge in [-0.15, -0.1) is 0 Å². The largest absolute Gasteiger partial charge is 0.478 e. The van der Waals surface area contributed by atoms with E-state index in [9.17, 15) is 9.59 Å². The zero-order valence-corrected chi connectivity index (χ0v) is 10.2. The van der Waals surface area contributed by atoms with Gasteiger partial charge >= 0.3 is 11.9 Å². The van der Waals surface area contributed by atoms with E-state index in [1.54, 1.807) is 12.3 Å². The van der Waals surface area contributed by atoms with Crippen molar-refractivity contribution in [1.82, 2.24) is 4.57 Å². The molecule has 0 aliphatic heterocycles. The van der Waals surface area contributed by atoms with Gasteiger partial charge in [-0.2, -0.15) is 0 Å². The lowest BCUT2D eigenvalue weighted by Crippen LogP contribution is -2.13. The molecular formula is C10H10BrNO4. The van der Waals surface area contributed by atoms with Crippen LogP contribution >= 0.6 is 15.9 Å². The van der Waals surface area contributed by atoms with Gasteiger partial charge in [0.15, 0.2) is 0 Å². The third-order valence-corrected chi connectivity index (χ3v) is 2.36. The van der Waals surface area contributed by atoms with Crippen LogP contribution in [0.1, 0.15) is 10.5 Å². The Morgan fingerprint density at radius 2 is 2.25 bits per heavy atom. The first-order valence-corrected chi connectivity index (χ1v) is 5.10. The number of carbonyl (C=O) groups excluding carboxylic acids is 1. The molecule has 0 bridgehead atoms. The molecule has 6 heteroatoms. The quantitative estimate of drug-likeness (QED) is 0.676. The molecule has 0 fully saturated rings. The van der Waals surface area contributed by atoms with E-state index in [1.165, 1.54) is 11.7 Å². The minimum absolute atomic E-state index is 0.00625. The fraction of sp³-hybridized carbons (Fsp3) is 0.200. The first-order chi connectivity index (χ1) is 7.45. The Balaban J connectivity index is 2.99. The van der Waals surface area contributed by atoms with E-state index in [1.807, 2.05) is 0 Å². The second kappa shape index (κ2) is 4.98. The maximum absolute atomic E-state index is 11.4. The van der Waals surface area contributed by atoms with Crippen molar-refractivity contribution >= 4 is 27.9 Å². The number of ether oxygens (including phenoxy) is 1. The fourth-order valence-electron chi connectivity index (χ4n) is 1.15. The van der Waals surface area contributed by atoms with Gasteiger partial charge < -0.3 is 14.4 Å². The Labute approximate surface area is 100 Å². The molecule has 1 N–H and O–H groups in total. The number of aromatic nitrogens is 1. The summed E-state index contributed by atoms with van der Waals surface area (Å²) in [6, 6.07) is 1.56. The first-order valence-electron chi connectivity index (χ1n) is 4.30. The van der Waals surface area contributed by atoms with Crippen LogP contribution in [0.15, 0.2) is 28.9 Å². The average molecular weight is 288 g/mol. The summed E-state index contributed by atoms with van der Waals surface area (Å²) < 4.78 is 6.71. The van der Waals surface area contributed by atoms with Crippen LogP contribution in [0.2, 0.25) is 0 Å². The Morgan fingerprint density at radius 3 is 2.75 bits per heavy atom. The number of hydrogen-bond donors (Lipinski definition) is 1. The van der Waals surface area contributed by atoms with E-state index >= 15 is 0 Å². The lowest BCUT2D eigenvalue weighted by molar-refractivity contribution is -0.132. The third-order valence-electron chi connectivity index (χ3n) is 1.92. The Hall–Kier alpha value is -1.56. The summed E-state index contributed by atoms with van der Waals surface area (Å²) in [4.78, 5) is 22.0. The van der Waals surface area contributed by atoms with Crippen molar-refractivity contribution < 1.29 is 19.4 Å². The van der Waals surface area contributed by atoms with Crippen LogP contribution in [0, 0.1) is 0 Å². The topological polar surface area (TPSA) is 68.5 Å². The standard InChI is InChI=1S/C10H10BrNO4/c1-6(9(13)14)4-12-5-7(11)3-8(12)10(15)16-2/h3,5H,1,4H2,2H3,(H,13,14). The summed E-state index contributed by atoms with van der Waals surface area (Å²) in [5.74, 6) is -1.62. The van der Waals surface area contributed by atoms with Gasteiger partial charge in [-0.05, 0) is 22.0 Å². The normalized spacial score (nSPS) is 9.88. The van der Waals surface area contributed by atoms with Crippen LogP contribution in [-0.4, -0.2) is 28.7 Å². The van der Waals surface area contributed by atoms with Gasteiger partial charge in [-0.25, -0.2) is 9.59 Å². The van der Waals surface area contributed by atoms with Gasteiger partial charge in [0.25, 0.3) is 0 Å². The lowest BCUT2D eigenvalue weighted by atomic mass is 10.3. The van der Waals surface area contributed by atoms with E-state index in [0.29, 0.717) is 4.47 Å². The summed E-state index contributed by atoms with van der Waals surface area (Å²) in [7, 11) is 1.26. The van der Waals surface area contributed by atoms with Gasteiger partial charge in [0, 0.05) is 16.2 Å². The highest BCUT2D eigenvalue weighted by atomic mass is 79.9. The van der Waals surface area contributed by atoms with Crippen LogP contribution in [0.4, 0.5) is 0 Å². The monoisotopic (exact) mass is 287 g/mol. The number of rotatable bonds is 4. The number of methoxy groups -OCH3 is 1. The Kier molecular flexibility index (Phi) is 3.89. The van der Waals surface area contributed by atoms with Crippen molar-refractivity contribution in [2.75, 3.05) is 7.11 Å². The van der Waals surface area contributed by atoms with E-state index in [4.69, 9.17) is 5.11 Å². The van der Waals surface area contributed by atoms with Crippen molar-refractivity contribution in [3.63, 3.8) is 0 Å². The molecule has 0 unspecified atom stereocenters. The van der Waals surface area contributed by atoms with E-state index in [-0.39, 0.29) is 17.8 Å². The van der Waals surface area contributed by atoms with Gasteiger partial charge in [0.2, 0.25) is 0 Å². The average Bonchev–Trinajstić information content (AvgIpc) is 2.58. The Bertz CT molecular complexity index is 450. The molecule has 0 aliphatic carbocycles. The molecule has 1 aromatic rings. The van der Waals surface area contributed by atoms with Crippen molar-refractivity contribution in [3.8, 4) is 0 Å². The number of esters is 1. The summed E-state index contributed by atoms with van der Waals surface area (Å²) in [6.45, 7) is 3.43. The van der Waals surface area contributed by atoms with Crippen molar-refractivity contribution in [2.24, 2.45) is 0 Å². The van der Waals surface area contributed by atoms with Crippen LogP contribution in [0.5, 0.6) is 0 Å². The SMILES string of the molecule is C=C(Cn1cc(Br)cc1C(=O)OC)C(=O)O. The van der Waals surface area contributed by atoms with Gasteiger partial charge in [0.05, 0.1) is 13.7 Å². The highest BCUT2D eigenvalue weighted by molar-refractivity contribution is 9.10. The summed E-state index contributed by atoms with van der Waals surface area (Å²) >= 11 is 3.20. The van der Waals surface area contributed by atoms with E-state index in [2.05, 4.69) is 27.2 Å². The number of carboxylic acid groups (broad SMARTS) is 1. The molecule has 5 nitrogen and oxygen atoms in total. The number of aliphatic carboxylic acids is 1.